The zero-order valence-electron chi connectivity index (χ0n) is 12.8. The molecule has 1 N–H and O–H groups in total. The second-order valence-electron chi connectivity index (χ2n) is 6.15. The monoisotopic (exact) mass is 301 g/mol. The molecule has 1 aromatic carbocycles. The first-order valence-corrected chi connectivity index (χ1v) is 7.00. The van der Waals surface area contributed by atoms with E-state index >= 15 is 0 Å². The average Bonchev–Trinajstić information content (AvgIpc) is 2.88. The SMILES string of the molecule is CC(C)(C)OC(=O)C1(C(C(=O)O)c2ccccc2)C=CC=N1. The lowest BCUT2D eigenvalue weighted by molar-refractivity contribution is -0.163. The molecule has 0 amide bonds. The first kappa shape index (κ1) is 15.9. The molecule has 0 saturated heterocycles. The molecular weight excluding hydrogens is 282 g/mol. The Morgan fingerprint density at radius 1 is 1.23 bits per heavy atom. The van der Waals surface area contributed by atoms with Gasteiger partial charge in [-0.3, -0.25) is 9.79 Å². The van der Waals surface area contributed by atoms with E-state index in [1.54, 1.807) is 57.2 Å². The lowest BCUT2D eigenvalue weighted by atomic mass is 9.79. The van der Waals surface area contributed by atoms with Gasteiger partial charge in [-0.1, -0.05) is 30.3 Å². The molecule has 0 bridgehead atoms. The normalized spacial score (nSPS) is 21.6. The number of carboxylic acids is 1. The number of allylic oxidation sites excluding steroid dienone is 1. The Labute approximate surface area is 129 Å². The molecule has 5 heteroatoms. The Kier molecular flexibility index (Phi) is 4.17. The van der Waals surface area contributed by atoms with Gasteiger partial charge in [0.25, 0.3) is 0 Å². The number of carboxylic acid groups (broad SMARTS) is 1. The van der Waals surface area contributed by atoms with Crippen LogP contribution in [-0.2, 0) is 14.3 Å². The number of ether oxygens (including phenoxy) is 1. The third kappa shape index (κ3) is 3.08. The predicted molar refractivity (Wildman–Crippen MR) is 83.0 cm³/mol. The summed E-state index contributed by atoms with van der Waals surface area (Å²) in [6.07, 6.45) is 4.50. The van der Waals surface area contributed by atoms with E-state index in [1.807, 2.05) is 0 Å². The van der Waals surface area contributed by atoms with Crippen LogP contribution in [-0.4, -0.2) is 34.4 Å². The van der Waals surface area contributed by atoms with Gasteiger partial charge in [-0.2, -0.15) is 0 Å². The molecule has 22 heavy (non-hydrogen) atoms. The van der Waals surface area contributed by atoms with E-state index in [0.29, 0.717) is 5.56 Å². The van der Waals surface area contributed by atoms with Gasteiger partial charge in [0.1, 0.15) is 11.5 Å². The number of aliphatic imine (C=N–C) groups is 1. The number of benzene rings is 1. The Morgan fingerprint density at radius 2 is 1.86 bits per heavy atom. The number of esters is 1. The molecule has 0 saturated carbocycles. The zero-order chi connectivity index (χ0) is 16.4. The van der Waals surface area contributed by atoms with Crippen LogP contribution in [0.15, 0.2) is 47.5 Å². The fourth-order valence-corrected chi connectivity index (χ4v) is 2.40. The molecule has 116 valence electrons. The highest BCUT2D eigenvalue weighted by atomic mass is 16.6. The fraction of sp³-hybridized carbons (Fsp3) is 0.353. The standard InChI is InChI=1S/C17H19NO4/c1-16(2,3)22-15(21)17(10-7-11-18-17)13(14(19)20)12-8-5-4-6-9-12/h4-11,13H,1-3H3,(H,19,20). The Morgan fingerprint density at radius 3 is 2.32 bits per heavy atom. The third-order valence-corrected chi connectivity index (χ3v) is 3.27. The molecule has 1 aliphatic rings. The lowest BCUT2D eigenvalue weighted by Crippen LogP contribution is -2.47. The van der Waals surface area contributed by atoms with E-state index in [2.05, 4.69) is 4.99 Å². The first-order chi connectivity index (χ1) is 10.3. The Balaban J connectivity index is 2.49. The van der Waals surface area contributed by atoms with Crippen molar-refractivity contribution >= 4 is 18.2 Å². The minimum atomic E-state index is -1.57. The topological polar surface area (TPSA) is 76.0 Å². The number of hydrogen-bond donors (Lipinski definition) is 1. The quantitative estimate of drug-likeness (QED) is 0.867. The van der Waals surface area contributed by atoms with Crippen LogP contribution >= 0.6 is 0 Å². The molecular formula is C17H19NO4. The highest BCUT2D eigenvalue weighted by Gasteiger charge is 2.51. The second kappa shape index (κ2) is 5.75. The number of carbonyl (C=O) groups excluding carboxylic acids is 1. The van der Waals surface area contributed by atoms with Gasteiger partial charge in [-0.05, 0) is 38.5 Å². The first-order valence-electron chi connectivity index (χ1n) is 7.00. The molecule has 2 unspecified atom stereocenters. The van der Waals surface area contributed by atoms with Crippen molar-refractivity contribution in [2.45, 2.75) is 37.8 Å². The Hall–Kier alpha value is -2.43. The largest absolute Gasteiger partial charge is 0.481 e. The summed E-state index contributed by atoms with van der Waals surface area (Å²) in [6, 6.07) is 8.60. The highest BCUT2D eigenvalue weighted by Crippen LogP contribution is 2.37. The second-order valence-corrected chi connectivity index (χ2v) is 6.15. The van der Waals surface area contributed by atoms with E-state index < -0.39 is 29.0 Å². The molecule has 5 nitrogen and oxygen atoms in total. The van der Waals surface area contributed by atoms with Gasteiger partial charge >= 0.3 is 11.9 Å². The van der Waals surface area contributed by atoms with E-state index in [-0.39, 0.29) is 0 Å². The van der Waals surface area contributed by atoms with Crippen LogP contribution in [0.25, 0.3) is 0 Å². The lowest BCUT2D eigenvalue weighted by Gasteiger charge is -2.32. The highest BCUT2D eigenvalue weighted by molar-refractivity contribution is 5.98. The molecule has 2 rings (SSSR count). The molecule has 0 radical (unpaired) electrons. The van der Waals surface area contributed by atoms with E-state index in [9.17, 15) is 14.7 Å². The molecule has 0 fully saturated rings. The average molecular weight is 301 g/mol. The van der Waals surface area contributed by atoms with Crippen molar-refractivity contribution in [1.82, 2.24) is 0 Å². The summed E-state index contributed by atoms with van der Waals surface area (Å²) in [5, 5.41) is 9.68. The van der Waals surface area contributed by atoms with Crippen molar-refractivity contribution in [2.75, 3.05) is 0 Å². The van der Waals surface area contributed by atoms with Crippen LogP contribution in [0, 0.1) is 0 Å². The smallest absolute Gasteiger partial charge is 0.339 e. The van der Waals surface area contributed by atoms with Crippen molar-refractivity contribution in [3.8, 4) is 0 Å². The Bertz CT molecular complexity index is 614. The van der Waals surface area contributed by atoms with Crippen molar-refractivity contribution in [1.29, 1.82) is 0 Å². The maximum Gasteiger partial charge on any atom is 0.339 e. The van der Waals surface area contributed by atoms with Crippen molar-refractivity contribution in [2.24, 2.45) is 4.99 Å². The van der Waals surface area contributed by atoms with E-state index in [0.717, 1.165) is 0 Å². The minimum Gasteiger partial charge on any atom is -0.481 e. The van der Waals surface area contributed by atoms with Crippen LogP contribution < -0.4 is 0 Å². The molecule has 0 spiro atoms. The van der Waals surface area contributed by atoms with Gasteiger partial charge in [-0.15, -0.1) is 0 Å². The zero-order valence-corrected chi connectivity index (χ0v) is 12.8. The molecule has 0 aromatic heterocycles. The van der Waals surface area contributed by atoms with Crippen LogP contribution in [0.4, 0.5) is 0 Å². The minimum absolute atomic E-state index is 0.504. The molecule has 1 aromatic rings. The van der Waals surface area contributed by atoms with E-state index in [4.69, 9.17) is 4.74 Å². The summed E-state index contributed by atoms with van der Waals surface area (Å²) < 4.78 is 5.41. The van der Waals surface area contributed by atoms with Crippen LogP contribution in [0.2, 0.25) is 0 Å². The summed E-state index contributed by atoms with van der Waals surface area (Å²) >= 11 is 0. The summed E-state index contributed by atoms with van der Waals surface area (Å²) in [5.74, 6) is -2.93. The van der Waals surface area contributed by atoms with Gasteiger partial charge in [-0.25, -0.2) is 4.79 Å². The van der Waals surface area contributed by atoms with Gasteiger partial charge in [0, 0.05) is 6.21 Å². The molecule has 2 atom stereocenters. The van der Waals surface area contributed by atoms with Gasteiger partial charge in [0.15, 0.2) is 5.54 Å². The van der Waals surface area contributed by atoms with Gasteiger partial charge in [0.2, 0.25) is 0 Å². The van der Waals surface area contributed by atoms with Crippen LogP contribution in [0.1, 0.15) is 32.3 Å². The van der Waals surface area contributed by atoms with Crippen LogP contribution in [0.3, 0.4) is 0 Å². The molecule has 1 heterocycles. The molecule has 0 aliphatic carbocycles. The number of rotatable bonds is 4. The number of nitrogens with zero attached hydrogens (tertiary/aromatic N) is 1. The summed E-state index contributed by atoms with van der Waals surface area (Å²) in [7, 11) is 0. The van der Waals surface area contributed by atoms with Crippen molar-refractivity contribution < 1.29 is 19.4 Å². The van der Waals surface area contributed by atoms with Crippen molar-refractivity contribution in [3.63, 3.8) is 0 Å². The van der Waals surface area contributed by atoms with Gasteiger partial charge < -0.3 is 9.84 Å². The maximum atomic E-state index is 12.7. The number of aliphatic carboxylic acids is 1. The predicted octanol–water partition coefficient (Wildman–Crippen LogP) is 2.58. The molecule has 1 aliphatic heterocycles. The summed E-state index contributed by atoms with van der Waals surface area (Å²) in [5.41, 5.74) is -1.79. The maximum absolute atomic E-state index is 12.7. The fourth-order valence-electron chi connectivity index (χ4n) is 2.40. The van der Waals surface area contributed by atoms with E-state index in [1.165, 1.54) is 12.3 Å². The number of hydrogen-bond acceptors (Lipinski definition) is 4. The third-order valence-electron chi connectivity index (χ3n) is 3.27. The van der Waals surface area contributed by atoms with Crippen molar-refractivity contribution in [3.05, 3.63) is 48.0 Å². The summed E-state index contributed by atoms with van der Waals surface area (Å²) in [4.78, 5) is 28.7. The number of carbonyl (C=O) groups is 2. The van der Waals surface area contributed by atoms with Crippen LogP contribution in [0.5, 0.6) is 0 Å². The summed E-state index contributed by atoms with van der Waals surface area (Å²) in [6.45, 7) is 5.21. The van der Waals surface area contributed by atoms with Gasteiger partial charge in [0.05, 0.1) is 0 Å².